The standard InChI is InChI=1S/C5H9N5S2/c1-11-5-10-9-3(12-5)2-8-4(6)7/h2H2,1H3,(H4,6,7,8). The van der Waals surface area contributed by atoms with Gasteiger partial charge in [-0.25, -0.2) is 4.99 Å². The predicted molar refractivity (Wildman–Crippen MR) is 51.2 cm³/mol. The van der Waals surface area contributed by atoms with Gasteiger partial charge in [-0.3, -0.25) is 0 Å². The third-order valence-electron chi connectivity index (χ3n) is 1.02. The summed E-state index contributed by atoms with van der Waals surface area (Å²) in [7, 11) is 0. The lowest BCUT2D eigenvalue weighted by Gasteiger charge is -1.87. The fourth-order valence-corrected chi connectivity index (χ4v) is 1.78. The van der Waals surface area contributed by atoms with Crippen LogP contribution in [-0.2, 0) is 6.54 Å². The van der Waals surface area contributed by atoms with E-state index >= 15 is 0 Å². The summed E-state index contributed by atoms with van der Waals surface area (Å²) in [5, 5.41) is 8.61. The van der Waals surface area contributed by atoms with Crippen molar-refractivity contribution < 1.29 is 0 Å². The number of rotatable bonds is 3. The van der Waals surface area contributed by atoms with E-state index in [9.17, 15) is 0 Å². The summed E-state index contributed by atoms with van der Waals surface area (Å²) in [6.07, 6.45) is 1.95. The second-order valence-corrected chi connectivity index (χ2v) is 4.02. The van der Waals surface area contributed by atoms with Crippen LogP contribution in [0.25, 0.3) is 0 Å². The van der Waals surface area contributed by atoms with Crippen LogP contribution in [0.4, 0.5) is 0 Å². The summed E-state index contributed by atoms with van der Waals surface area (Å²) in [6.45, 7) is 0.417. The molecule has 1 heterocycles. The van der Waals surface area contributed by atoms with E-state index in [1.165, 1.54) is 11.3 Å². The molecule has 4 N–H and O–H groups in total. The zero-order valence-electron chi connectivity index (χ0n) is 6.52. The molecule has 0 bridgehead atoms. The third kappa shape index (κ3) is 2.67. The Morgan fingerprint density at radius 1 is 1.58 bits per heavy atom. The number of nitrogens with two attached hydrogens (primary N) is 2. The molecule has 1 aromatic heterocycles. The van der Waals surface area contributed by atoms with Crippen molar-refractivity contribution in [2.24, 2.45) is 16.5 Å². The summed E-state index contributed by atoms with van der Waals surface area (Å²) in [5.41, 5.74) is 10.3. The minimum atomic E-state index is 0.0795. The molecule has 0 atom stereocenters. The molecule has 5 nitrogen and oxygen atoms in total. The molecule has 0 aliphatic carbocycles. The van der Waals surface area contributed by atoms with E-state index in [0.717, 1.165) is 9.35 Å². The van der Waals surface area contributed by atoms with Crippen LogP contribution in [0.5, 0.6) is 0 Å². The van der Waals surface area contributed by atoms with Crippen molar-refractivity contribution in [1.82, 2.24) is 10.2 Å². The molecule has 0 spiro atoms. The molecule has 0 aliphatic rings. The molecule has 1 rings (SSSR count). The number of thioether (sulfide) groups is 1. The highest BCUT2D eigenvalue weighted by Gasteiger charge is 2.00. The molecule has 0 saturated heterocycles. The molecule has 0 amide bonds. The predicted octanol–water partition coefficient (Wildman–Crippen LogP) is 0.0334. The van der Waals surface area contributed by atoms with Crippen LogP contribution in [0, 0.1) is 0 Å². The molecule has 0 radical (unpaired) electrons. The molecule has 0 unspecified atom stereocenters. The smallest absolute Gasteiger partial charge is 0.186 e. The quantitative estimate of drug-likeness (QED) is 0.411. The first-order chi connectivity index (χ1) is 5.72. The Hall–Kier alpha value is -0.820. The van der Waals surface area contributed by atoms with Gasteiger partial charge in [-0.1, -0.05) is 23.1 Å². The van der Waals surface area contributed by atoms with E-state index in [1.54, 1.807) is 11.8 Å². The van der Waals surface area contributed by atoms with Gasteiger partial charge in [0, 0.05) is 0 Å². The maximum Gasteiger partial charge on any atom is 0.186 e. The molecule has 0 aromatic carbocycles. The Morgan fingerprint density at radius 3 is 2.83 bits per heavy atom. The lowest BCUT2D eigenvalue weighted by Crippen LogP contribution is -2.22. The van der Waals surface area contributed by atoms with Crippen LogP contribution in [0.3, 0.4) is 0 Å². The van der Waals surface area contributed by atoms with Crippen molar-refractivity contribution in [3.05, 3.63) is 5.01 Å². The summed E-state index contributed by atoms with van der Waals surface area (Å²) < 4.78 is 0.927. The monoisotopic (exact) mass is 203 g/mol. The lowest BCUT2D eigenvalue weighted by atomic mass is 10.7. The molecular formula is C5H9N5S2. The van der Waals surface area contributed by atoms with Crippen LogP contribution in [-0.4, -0.2) is 22.4 Å². The first kappa shape index (κ1) is 9.27. The second-order valence-electron chi connectivity index (χ2n) is 1.91. The number of guanidine groups is 1. The second kappa shape index (κ2) is 4.27. The molecule has 12 heavy (non-hydrogen) atoms. The van der Waals surface area contributed by atoms with Gasteiger partial charge in [-0.15, -0.1) is 10.2 Å². The molecule has 0 fully saturated rings. The molecule has 7 heteroatoms. The highest BCUT2D eigenvalue weighted by atomic mass is 32.2. The Labute approximate surface area is 78.3 Å². The average Bonchev–Trinajstić information content (AvgIpc) is 2.48. The van der Waals surface area contributed by atoms with Crippen LogP contribution in [0.1, 0.15) is 5.01 Å². The first-order valence-corrected chi connectivity index (χ1v) is 5.18. The minimum absolute atomic E-state index is 0.0795. The minimum Gasteiger partial charge on any atom is -0.370 e. The number of aliphatic imine (C=N–C) groups is 1. The fourth-order valence-electron chi connectivity index (χ4n) is 0.544. The van der Waals surface area contributed by atoms with Gasteiger partial charge < -0.3 is 11.5 Å². The largest absolute Gasteiger partial charge is 0.370 e. The van der Waals surface area contributed by atoms with E-state index in [2.05, 4.69) is 15.2 Å². The SMILES string of the molecule is CSc1nnc(CN=C(N)N)s1. The number of nitrogens with zero attached hydrogens (tertiary/aromatic N) is 3. The highest BCUT2D eigenvalue weighted by Crippen LogP contribution is 2.19. The molecular weight excluding hydrogens is 194 g/mol. The summed E-state index contributed by atoms with van der Waals surface area (Å²) >= 11 is 3.06. The Bertz CT molecular complexity index is 277. The van der Waals surface area contributed by atoms with Crippen molar-refractivity contribution in [2.45, 2.75) is 10.9 Å². The van der Waals surface area contributed by atoms with Gasteiger partial charge in [-0.2, -0.15) is 0 Å². The van der Waals surface area contributed by atoms with Crippen LogP contribution in [0.15, 0.2) is 9.33 Å². The first-order valence-electron chi connectivity index (χ1n) is 3.14. The number of aromatic nitrogens is 2. The highest BCUT2D eigenvalue weighted by molar-refractivity contribution is 8.00. The van der Waals surface area contributed by atoms with Crippen LogP contribution >= 0.6 is 23.1 Å². The Morgan fingerprint density at radius 2 is 2.33 bits per heavy atom. The number of hydrogen-bond donors (Lipinski definition) is 2. The van der Waals surface area contributed by atoms with E-state index in [1.807, 2.05) is 6.26 Å². The van der Waals surface area contributed by atoms with Crippen molar-refractivity contribution in [1.29, 1.82) is 0 Å². The maximum atomic E-state index is 5.16. The van der Waals surface area contributed by atoms with Gasteiger partial charge in [0.05, 0.1) is 6.54 Å². The van der Waals surface area contributed by atoms with Gasteiger partial charge in [0.15, 0.2) is 10.3 Å². The summed E-state index contributed by atoms with van der Waals surface area (Å²) in [4.78, 5) is 3.81. The van der Waals surface area contributed by atoms with Gasteiger partial charge >= 0.3 is 0 Å². The van der Waals surface area contributed by atoms with Crippen LogP contribution < -0.4 is 11.5 Å². The molecule has 0 saturated carbocycles. The van der Waals surface area contributed by atoms with Crippen molar-refractivity contribution in [3.8, 4) is 0 Å². The third-order valence-corrected chi connectivity index (χ3v) is 2.90. The van der Waals surface area contributed by atoms with Gasteiger partial charge in [-0.05, 0) is 6.26 Å². The molecule has 1 aromatic rings. The van der Waals surface area contributed by atoms with Gasteiger partial charge in [0.1, 0.15) is 5.01 Å². The zero-order chi connectivity index (χ0) is 8.97. The van der Waals surface area contributed by atoms with E-state index in [0.29, 0.717) is 6.54 Å². The number of hydrogen-bond acceptors (Lipinski definition) is 5. The van der Waals surface area contributed by atoms with E-state index in [4.69, 9.17) is 11.5 Å². The van der Waals surface area contributed by atoms with Crippen LogP contribution in [0.2, 0.25) is 0 Å². The molecule has 0 aliphatic heterocycles. The maximum absolute atomic E-state index is 5.16. The zero-order valence-corrected chi connectivity index (χ0v) is 8.15. The summed E-state index contributed by atoms with van der Waals surface area (Å²) in [5.74, 6) is 0.0795. The van der Waals surface area contributed by atoms with Crippen molar-refractivity contribution >= 4 is 29.1 Å². The Balaban J connectivity index is 2.58. The summed E-state index contributed by atoms with van der Waals surface area (Å²) in [6, 6.07) is 0. The topological polar surface area (TPSA) is 90.2 Å². The van der Waals surface area contributed by atoms with Gasteiger partial charge in [0.25, 0.3) is 0 Å². The lowest BCUT2D eigenvalue weighted by molar-refractivity contribution is 0.925. The van der Waals surface area contributed by atoms with E-state index in [-0.39, 0.29) is 5.96 Å². The van der Waals surface area contributed by atoms with E-state index < -0.39 is 0 Å². The molecule has 66 valence electrons. The van der Waals surface area contributed by atoms with Crippen molar-refractivity contribution in [3.63, 3.8) is 0 Å². The van der Waals surface area contributed by atoms with Gasteiger partial charge in [0.2, 0.25) is 0 Å². The van der Waals surface area contributed by atoms with Crippen molar-refractivity contribution in [2.75, 3.05) is 6.26 Å². The average molecular weight is 203 g/mol. The normalized spacial score (nSPS) is 9.75. The Kier molecular flexibility index (Phi) is 3.30. The fraction of sp³-hybridized carbons (Fsp3) is 0.400.